The van der Waals surface area contributed by atoms with E-state index in [1.54, 1.807) is 6.07 Å². The van der Waals surface area contributed by atoms with Gasteiger partial charge in [0.1, 0.15) is 9.88 Å². The second-order valence-electron chi connectivity index (χ2n) is 10.8. The van der Waals surface area contributed by atoms with Crippen LogP contribution >= 0.6 is 11.3 Å². The molecular formula is C28H28F6N4O2S. The molecule has 0 saturated carbocycles. The van der Waals surface area contributed by atoms with Crippen LogP contribution in [-0.2, 0) is 24.3 Å². The van der Waals surface area contributed by atoms with Gasteiger partial charge in [0.15, 0.2) is 5.69 Å². The van der Waals surface area contributed by atoms with Crippen molar-refractivity contribution in [1.82, 2.24) is 10.3 Å². The Labute approximate surface area is 236 Å². The summed E-state index contributed by atoms with van der Waals surface area (Å²) in [6.07, 6.45) is -9.46. The average Bonchev–Trinajstić information content (AvgIpc) is 3.31. The summed E-state index contributed by atoms with van der Waals surface area (Å²) in [5, 5.41) is 5.53. The van der Waals surface area contributed by atoms with Crippen LogP contribution < -0.4 is 15.5 Å². The average molecular weight is 599 g/mol. The van der Waals surface area contributed by atoms with Gasteiger partial charge < -0.3 is 15.5 Å². The minimum atomic E-state index is -4.86. The molecule has 2 N–H and O–H groups in total. The Balaban J connectivity index is 1.64. The number of hydrogen-bond donors (Lipinski definition) is 2. The predicted octanol–water partition coefficient (Wildman–Crippen LogP) is 7.12. The summed E-state index contributed by atoms with van der Waals surface area (Å²) in [7, 11) is 0. The van der Waals surface area contributed by atoms with Crippen molar-refractivity contribution in [2.24, 2.45) is 5.92 Å². The molecule has 3 aromatic rings. The smallest absolute Gasteiger partial charge is 0.321 e. The third kappa shape index (κ3) is 6.72. The second kappa shape index (κ2) is 11.1. The maximum Gasteiger partial charge on any atom is 0.435 e. The van der Waals surface area contributed by atoms with Gasteiger partial charge in [-0.05, 0) is 48.4 Å². The number of rotatable bonds is 7. The molecule has 13 heteroatoms. The van der Waals surface area contributed by atoms with Gasteiger partial charge in [-0.1, -0.05) is 39.8 Å². The summed E-state index contributed by atoms with van der Waals surface area (Å²) in [5.74, 6) is -1.37. The molecule has 0 aliphatic carbocycles. The Morgan fingerprint density at radius 2 is 1.78 bits per heavy atom. The van der Waals surface area contributed by atoms with E-state index in [1.807, 2.05) is 27.7 Å². The van der Waals surface area contributed by atoms with Crippen LogP contribution in [0.25, 0.3) is 0 Å². The zero-order chi connectivity index (χ0) is 30.3. The van der Waals surface area contributed by atoms with Gasteiger partial charge in [0.05, 0.1) is 5.56 Å². The highest BCUT2D eigenvalue weighted by molar-refractivity contribution is 7.14. The van der Waals surface area contributed by atoms with Crippen molar-refractivity contribution >= 4 is 34.5 Å². The standard InChI is InChI=1S/C28H28F6N4O2S/c1-15(2)12-35-13-21-37-23(28(32,33)34)22(41-21)24(39)36-17-8-9-20-19(11-17)25(40)38(14-26(20,3)4)18-7-5-6-16(10-18)27(29,30)31/h5-11,15,35H,12-14H2,1-4H3,(H,36,39). The van der Waals surface area contributed by atoms with E-state index in [0.717, 1.165) is 12.1 Å². The lowest BCUT2D eigenvalue weighted by atomic mass is 9.77. The van der Waals surface area contributed by atoms with Gasteiger partial charge in [0.25, 0.3) is 11.8 Å². The summed E-state index contributed by atoms with van der Waals surface area (Å²) < 4.78 is 81.0. The molecule has 2 amide bonds. The minimum absolute atomic E-state index is 0.0519. The van der Waals surface area contributed by atoms with E-state index in [0.29, 0.717) is 23.4 Å². The van der Waals surface area contributed by atoms with Crippen molar-refractivity contribution < 1.29 is 35.9 Å². The quantitative estimate of drug-likeness (QED) is 0.284. The van der Waals surface area contributed by atoms with E-state index in [4.69, 9.17) is 0 Å². The van der Waals surface area contributed by atoms with Crippen molar-refractivity contribution in [3.05, 3.63) is 74.7 Å². The van der Waals surface area contributed by atoms with Crippen LogP contribution in [-0.4, -0.2) is 29.9 Å². The van der Waals surface area contributed by atoms with Crippen molar-refractivity contribution in [2.75, 3.05) is 23.3 Å². The van der Waals surface area contributed by atoms with Crippen molar-refractivity contribution in [2.45, 2.75) is 52.0 Å². The highest BCUT2D eigenvalue weighted by Crippen LogP contribution is 2.39. The molecule has 0 fully saturated rings. The first-order valence-corrected chi connectivity index (χ1v) is 13.5. The summed E-state index contributed by atoms with van der Waals surface area (Å²) in [4.78, 5) is 30.7. The van der Waals surface area contributed by atoms with Crippen LogP contribution in [0.4, 0.5) is 37.7 Å². The molecule has 1 aliphatic heterocycles. The van der Waals surface area contributed by atoms with Crippen LogP contribution in [0.15, 0.2) is 42.5 Å². The normalized spacial score (nSPS) is 15.3. The Bertz CT molecular complexity index is 1460. The monoisotopic (exact) mass is 598 g/mol. The first kappa shape index (κ1) is 30.5. The number of halogens is 6. The molecular weight excluding hydrogens is 570 g/mol. The lowest BCUT2D eigenvalue weighted by Crippen LogP contribution is -2.47. The molecule has 0 unspecified atom stereocenters. The SMILES string of the molecule is CC(C)CNCc1nc(C(F)(F)F)c(C(=O)Nc2ccc3c(c2)C(=O)N(c2cccc(C(F)(F)F)c2)CC3(C)C)s1. The fourth-order valence-electron chi connectivity index (χ4n) is 4.59. The molecule has 220 valence electrons. The van der Waals surface area contributed by atoms with E-state index in [1.165, 1.54) is 29.2 Å². The molecule has 0 spiro atoms. The molecule has 0 bridgehead atoms. The zero-order valence-corrected chi connectivity index (χ0v) is 23.4. The molecule has 6 nitrogen and oxygen atoms in total. The van der Waals surface area contributed by atoms with Gasteiger partial charge in [-0.2, -0.15) is 26.3 Å². The number of hydrogen-bond acceptors (Lipinski definition) is 5. The van der Waals surface area contributed by atoms with Crippen LogP contribution in [0.3, 0.4) is 0 Å². The van der Waals surface area contributed by atoms with E-state index in [-0.39, 0.29) is 41.0 Å². The highest BCUT2D eigenvalue weighted by atomic mass is 32.1. The number of amides is 2. The van der Waals surface area contributed by atoms with Gasteiger partial charge >= 0.3 is 12.4 Å². The number of carbonyl (C=O) groups is 2. The lowest BCUT2D eigenvalue weighted by molar-refractivity contribution is -0.141. The van der Waals surface area contributed by atoms with E-state index in [2.05, 4.69) is 15.6 Å². The minimum Gasteiger partial charge on any atom is -0.321 e. The predicted molar refractivity (Wildman–Crippen MR) is 144 cm³/mol. The highest BCUT2D eigenvalue weighted by Gasteiger charge is 2.41. The molecule has 0 atom stereocenters. The van der Waals surface area contributed by atoms with Crippen LogP contribution in [0, 0.1) is 5.92 Å². The fraction of sp³-hybridized carbons (Fsp3) is 0.393. The van der Waals surface area contributed by atoms with Gasteiger partial charge in [0.2, 0.25) is 0 Å². The second-order valence-corrected chi connectivity index (χ2v) is 11.9. The van der Waals surface area contributed by atoms with E-state index < -0.39 is 45.7 Å². The first-order valence-electron chi connectivity index (χ1n) is 12.7. The van der Waals surface area contributed by atoms with E-state index >= 15 is 0 Å². The summed E-state index contributed by atoms with van der Waals surface area (Å²) in [6.45, 7) is 8.23. The van der Waals surface area contributed by atoms with Gasteiger partial charge in [-0.3, -0.25) is 9.59 Å². The summed E-state index contributed by atoms with van der Waals surface area (Å²) in [5.41, 5.74) is -2.06. The zero-order valence-electron chi connectivity index (χ0n) is 22.6. The number of nitrogens with one attached hydrogen (secondary N) is 2. The molecule has 4 rings (SSSR count). The number of nitrogens with zero attached hydrogens (tertiary/aromatic N) is 2. The Hall–Kier alpha value is -3.45. The number of aromatic nitrogens is 1. The van der Waals surface area contributed by atoms with Gasteiger partial charge in [-0.15, -0.1) is 11.3 Å². The molecule has 2 heterocycles. The van der Waals surface area contributed by atoms with Crippen LogP contribution in [0.2, 0.25) is 0 Å². The Morgan fingerprint density at radius 3 is 2.41 bits per heavy atom. The molecule has 41 heavy (non-hydrogen) atoms. The number of carbonyl (C=O) groups excluding carboxylic acids is 2. The number of thiazole rings is 1. The van der Waals surface area contributed by atoms with Gasteiger partial charge in [0, 0.05) is 35.4 Å². The lowest BCUT2D eigenvalue weighted by Gasteiger charge is -2.39. The van der Waals surface area contributed by atoms with Crippen molar-refractivity contribution in [3.63, 3.8) is 0 Å². The van der Waals surface area contributed by atoms with Crippen LogP contribution in [0.1, 0.15) is 69.6 Å². The van der Waals surface area contributed by atoms with Crippen molar-refractivity contribution in [1.29, 1.82) is 0 Å². The van der Waals surface area contributed by atoms with Crippen molar-refractivity contribution in [3.8, 4) is 0 Å². The van der Waals surface area contributed by atoms with Gasteiger partial charge in [-0.25, -0.2) is 4.98 Å². The maximum absolute atomic E-state index is 13.7. The third-order valence-corrected chi connectivity index (χ3v) is 7.55. The number of benzene rings is 2. The first-order chi connectivity index (χ1) is 19.0. The third-order valence-electron chi connectivity index (χ3n) is 6.50. The largest absolute Gasteiger partial charge is 0.435 e. The molecule has 0 saturated heterocycles. The number of fused-ring (bicyclic) bond motifs is 1. The molecule has 1 aromatic heterocycles. The van der Waals surface area contributed by atoms with E-state index in [9.17, 15) is 35.9 Å². The summed E-state index contributed by atoms with van der Waals surface area (Å²) in [6, 6.07) is 8.80. The molecule has 1 aliphatic rings. The maximum atomic E-state index is 13.7. The molecule has 0 radical (unpaired) electrons. The fourth-order valence-corrected chi connectivity index (χ4v) is 5.54. The topological polar surface area (TPSA) is 74.3 Å². The Morgan fingerprint density at radius 1 is 1.07 bits per heavy atom. The molecule has 2 aromatic carbocycles. The number of alkyl halides is 6. The van der Waals surface area contributed by atoms with Crippen LogP contribution in [0.5, 0.6) is 0 Å². The summed E-state index contributed by atoms with van der Waals surface area (Å²) >= 11 is 0.623. The Kier molecular flexibility index (Phi) is 8.25. The number of anilines is 2.